The molecule has 0 amide bonds. The summed E-state index contributed by atoms with van der Waals surface area (Å²) in [6, 6.07) is 11.0. The number of hydrogen-bond acceptors (Lipinski definition) is 5. The summed E-state index contributed by atoms with van der Waals surface area (Å²) in [5.41, 5.74) is 2.35. The molecule has 21 heavy (non-hydrogen) atoms. The Hall–Kier alpha value is -2.42. The fraction of sp³-hybridized carbons (Fsp3) is 0. The van der Waals surface area contributed by atoms with Crippen LogP contribution >= 0.6 is 22.9 Å². The molecule has 102 valence electrons. The second-order valence-corrected chi connectivity index (χ2v) is 5.35. The van der Waals surface area contributed by atoms with E-state index in [9.17, 15) is 0 Å². The van der Waals surface area contributed by atoms with Crippen molar-refractivity contribution in [2.45, 2.75) is 0 Å². The van der Waals surface area contributed by atoms with E-state index in [0.717, 1.165) is 11.1 Å². The smallest absolute Gasteiger partial charge is 0.269 e. The first-order valence-electron chi connectivity index (χ1n) is 6.00. The maximum atomic E-state index is 8.76. The van der Waals surface area contributed by atoms with E-state index >= 15 is 0 Å². The van der Waals surface area contributed by atoms with Crippen molar-refractivity contribution < 1.29 is 4.52 Å². The van der Waals surface area contributed by atoms with Gasteiger partial charge in [0.25, 0.3) is 5.89 Å². The number of rotatable bonds is 3. The quantitative estimate of drug-likeness (QED) is 0.718. The Balaban J connectivity index is 1.86. The monoisotopic (exact) mass is 313 g/mol. The summed E-state index contributed by atoms with van der Waals surface area (Å²) in [6.45, 7) is 0. The normalized spacial score (nSPS) is 11.3. The lowest BCUT2D eigenvalue weighted by Gasteiger charge is -1.94. The average Bonchev–Trinajstić information content (AvgIpc) is 3.19. The summed E-state index contributed by atoms with van der Waals surface area (Å²) < 4.78 is 5.16. The van der Waals surface area contributed by atoms with Crippen LogP contribution in [-0.2, 0) is 0 Å². The Labute approximate surface area is 129 Å². The van der Waals surface area contributed by atoms with Gasteiger partial charge in [-0.1, -0.05) is 28.9 Å². The third-order valence-corrected chi connectivity index (χ3v) is 3.70. The molecule has 1 aromatic carbocycles. The van der Waals surface area contributed by atoms with Crippen LogP contribution in [0.4, 0.5) is 0 Å². The zero-order chi connectivity index (χ0) is 14.7. The predicted molar refractivity (Wildman–Crippen MR) is 82.5 cm³/mol. The van der Waals surface area contributed by atoms with Gasteiger partial charge in [0, 0.05) is 10.9 Å². The number of hydrogen-bond donors (Lipinski definition) is 0. The summed E-state index contributed by atoms with van der Waals surface area (Å²) in [7, 11) is 0. The molecular weight excluding hydrogens is 306 g/mol. The van der Waals surface area contributed by atoms with Crippen molar-refractivity contribution in [3.8, 4) is 17.5 Å². The SMILES string of the molecule is N#Cc1ccc(/C=C(\Cl)c2nc(-c3ccsc3)no2)cc1. The fourth-order valence-corrected chi connectivity index (χ4v) is 2.53. The minimum atomic E-state index is 0.266. The lowest BCUT2D eigenvalue weighted by atomic mass is 10.1. The van der Waals surface area contributed by atoms with Gasteiger partial charge < -0.3 is 4.52 Å². The van der Waals surface area contributed by atoms with Crippen molar-refractivity contribution in [3.63, 3.8) is 0 Å². The van der Waals surface area contributed by atoms with E-state index in [1.165, 1.54) is 0 Å². The lowest BCUT2D eigenvalue weighted by Crippen LogP contribution is -1.80. The molecule has 6 heteroatoms. The van der Waals surface area contributed by atoms with Crippen molar-refractivity contribution in [1.29, 1.82) is 5.26 Å². The summed E-state index contributed by atoms with van der Waals surface area (Å²) in [5.74, 6) is 0.778. The molecule has 0 saturated carbocycles. The van der Waals surface area contributed by atoms with Crippen LogP contribution in [0, 0.1) is 11.3 Å². The van der Waals surface area contributed by atoms with Crippen molar-refractivity contribution in [2.24, 2.45) is 0 Å². The van der Waals surface area contributed by atoms with E-state index in [1.54, 1.807) is 41.7 Å². The van der Waals surface area contributed by atoms with Gasteiger partial charge >= 0.3 is 0 Å². The van der Waals surface area contributed by atoms with E-state index < -0.39 is 0 Å². The van der Waals surface area contributed by atoms with Crippen molar-refractivity contribution in [2.75, 3.05) is 0 Å². The fourth-order valence-electron chi connectivity index (χ4n) is 1.69. The molecule has 0 aliphatic heterocycles. The number of benzene rings is 1. The van der Waals surface area contributed by atoms with Crippen LogP contribution < -0.4 is 0 Å². The average molecular weight is 314 g/mol. The number of nitriles is 1. The van der Waals surface area contributed by atoms with Crippen LogP contribution in [0.3, 0.4) is 0 Å². The second-order valence-electron chi connectivity index (χ2n) is 4.16. The molecule has 0 spiro atoms. The first-order chi connectivity index (χ1) is 10.3. The van der Waals surface area contributed by atoms with Gasteiger partial charge in [0.05, 0.1) is 11.6 Å². The Morgan fingerprint density at radius 2 is 2.10 bits per heavy atom. The van der Waals surface area contributed by atoms with E-state index in [1.807, 2.05) is 16.8 Å². The molecule has 0 fully saturated rings. The molecule has 0 aliphatic carbocycles. The molecule has 0 radical (unpaired) electrons. The maximum Gasteiger partial charge on any atom is 0.269 e. The Bertz CT molecular complexity index is 813. The Morgan fingerprint density at radius 3 is 2.76 bits per heavy atom. The summed E-state index contributed by atoms with van der Waals surface area (Å²) >= 11 is 7.75. The summed E-state index contributed by atoms with van der Waals surface area (Å²) in [6.07, 6.45) is 1.72. The van der Waals surface area contributed by atoms with Crippen LogP contribution in [0.5, 0.6) is 0 Å². The Morgan fingerprint density at radius 1 is 1.29 bits per heavy atom. The molecule has 0 aliphatic rings. The number of thiophene rings is 1. The summed E-state index contributed by atoms with van der Waals surface area (Å²) in [4.78, 5) is 4.26. The topological polar surface area (TPSA) is 62.7 Å². The highest BCUT2D eigenvalue weighted by atomic mass is 35.5. The lowest BCUT2D eigenvalue weighted by molar-refractivity contribution is 0.410. The van der Waals surface area contributed by atoms with Gasteiger partial charge in [0.2, 0.25) is 5.82 Å². The highest BCUT2D eigenvalue weighted by Gasteiger charge is 2.11. The minimum Gasteiger partial charge on any atom is -0.333 e. The molecule has 4 nitrogen and oxygen atoms in total. The van der Waals surface area contributed by atoms with Crippen LogP contribution in [0.25, 0.3) is 22.5 Å². The molecule has 0 bridgehead atoms. The highest BCUT2D eigenvalue weighted by Crippen LogP contribution is 2.25. The zero-order valence-corrected chi connectivity index (χ0v) is 12.2. The first-order valence-corrected chi connectivity index (χ1v) is 7.32. The third-order valence-electron chi connectivity index (χ3n) is 2.74. The Kier molecular flexibility index (Phi) is 3.82. The van der Waals surface area contributed by atoms with Crippen LogP contribution in [0.15, 0.2) is 45.6 Å². The predicted octanol–water partition coefficient (Wildman–Crippen LogP) is 4.41. The number of halogens is 1. The van der Waals surface area contributed by atoms with Crippen LogP contribution in [-0.4, -0.2) is 10.1 Å². The van der Waals surface area contributed by atoms with Crippen molar-refractivity contribution in [3.05, 3.63) is 58.1 Å². The molecular formula is C15H8ClN3OS. The van der Waals surface area contributed by atoms with Gasteiger partial charge in [-0.2, -0.15) is 21.6 Å². The van der Waals surface area contributed by atoms with E-state index in [2.05, 4.69) is 16.2 Å². The molecule has 2 aromatic heterocycles. The number of aromatic nitrogens is 2. The van der Waals surface area contributed by atoms with Gasteiger partial charge in [-0.15, -0.1) is 0 Å². The molecule has 3 aromatic rings. The molecule has 2 heterocycles. The van der Waals surface area contributed by atoms with Gasteiger partial charge in [-0.25, -0.2) is 0 Å². The molecule has 0 unspecified atom stereocenters. The van der Waals surface area contributed by atoms with Crippen LogP contribution in [0.1, 0.15) is 17.0 Å². The molecule has 0 atom stereocenters. The molecule has 0 N–H and O–H groups in total. The van der Waals surface area contributed by atoms with E-state index in [0.29, 0.717) is 16.4 Å². The largest absolute Gasteiger partial charge is 0.333 e. The van der Waals surface area contributed by atoms with Crippen molar-refractivity contribution in [1.82, 2.24) is 10.1 Å². The maximum absolute atomic E-state index is 8.76. The standard InChI is InChI=1S/C15H8ClN3OS/c16-13(7-10-1-3-11(8-17)4-2-10)15-18-14(19-20-15)12-5-6-21-9-12/h1-7,9H/b13-7-. The van der Waals surface area contributed by atoms with Gasteiger partial charge in [0.1, 0.15) is 5.03 Å². The number of nitrogens with zero attached hydrogens (tertiary/aromatic N) is 3. The van der Waals surface area contributed by atoms with E-state index in [-0.39, 0.29) is 5.89 Å². The van der Waals surface area contributed by atoms with Crippen LogP contribution in [0.2, 0.25) is 0 Å². The molecule has 0 saturated heterocycles. The van der Waals surface area contributed by atoms with E-state index in [4.69, 9.17) is 21.4 Å². The minimum absolute atomic E-state index is 0.266. The first kappa shape index (κ1) is 13.6. The van der Waals surface area contributed by atoms with Gasteiger partial charge in [-0.05, 0) is 35.2 Å². The van der Waals surface area contributed by atoms with Crippen molar-refractivity contribution >= 4 is 34.0 Å². The van der Waals surface area contributed by atoms with Gasteiger partial charge in [-0.3, -0.25) is 0 Å². The molecule has 3 rings (SSSR count). The zero-order valence-electron chi connectivity index (χ0n) is 10.7. The summed E-state index contributed by atoms with van der Waals surface area (Å²) in [5, 5.41) is 16.9. The highest BCUT2D eigenvalue weighted by molar-refractivity contribution is 7.08. The third kappa shape index (κ3) is 3.02. The second kappa shape index (κ2) is 5.92. The van der Waals surface area contributed by atoms with Gasteiger partial charge in [0.15, 0.2) is 0 Å².